The Kier molecular flexibility index (Phi) is 3.81. The quantitative estimate of drug-likeness (QED) is 0.705. The van der Waals surface area contributed by atoms with Crippen LogP contribution in [-0.2, 0) is 4.79 Å². The van der Waals surface area contributed by atoms with Crippen molar-refractivity contribution in [3.63, 3.8) is 0 Å². The van der Waals surface area contributed by atoms with Gasteiger partial charge in [-0.05, 0) is 32.1 Å². The number of rotatable bonds is 2. The van der Waals surface area contributed by atoms with Gasteiger partial charge in [0.05, 0.1) is 0 Å². The van der Waals surface area contributed by atoms with Crippen molar-refractivity contribution in [2.45, 2.75) is 63.8 Å². The van der Waals surface area contributed by atoms with E-state index in [-0.39, 0.29) is 0 Å². The van der Waals surface area contributed by atoms with Gasteiger partial charge in [0.15, 0.2) is 5.78 Å². The molecule has 2 rings (SSSR count). The first-order chi connectivity index (χ1) is 7.36. The summed E-state index contributed by atoms with van der Waals surface area (Å²) in [6.45, 7) is 0. The normalized spacial score (nSPS) is 26.9. The first-order valence-electron chi connectivity index (χ1n) is 6.34. The summed E-state index contributed by atoms with van der Waals surface area (Å²) in [6, 6.07) is 0.626. The van der Waals surface area contributed by atoms with Gasteiger partial charge in [-0.15, -0.1) is 0 Å². The van der Waals surface area contributed by atoms with Crippen LogP contribution in [0.1, 0.15) is 57.8 Å². The predicted octanol–water partition coefficient (Wildman–Crippen LogP) is 2.94. The SMILES string of the molecule is O=C1CCCC/C1=C/NC1CCCCC1. The molecule has 0 aromatic carbocycles. The molecule has 0 radical (unpaired) electrons. The van der Waals surface area contributed by atoms with Crippen LogP contribution in [0, 0.1) is 0 Å². The van der Waals surface area contributed by atoms with Gasteiger partial charge in [-0.3, -0.25) is 4.79 Å². The summed E-state index contributed by atoms with van der Waals surface area (Å²) < 4.78 is 0. The van der Waals surface area contributed by atoms with Crippen molar-refractivity contribution in [1.29, 1.82) is 0 Å². The van der Waals surface area contributed by atoms with Gasteiger partial charge in [-0.1, -0.05) is 19.3 Å². The average Bonchev–Trinajstić information content (AvgIpc) is 2.29. The second-order valence-corrected chi connectivity index (χ2v) is 4.80. The molecular weight excluding hydrogens is 186 g/mol. The third-order valence-electron chi connectivity index (χ3n) is 3.56. The molecule has 0 spiro atoms. The van der Waals surface area contributed by atoms with Crippen molar-refractivity contribution in [3.8, 4) is 0 Å². The molecule has 0 saturated heterocycles. The van der Waals surface area contributed by atoms with Crippen LogP contribution in [0.3, 0.4) is 0 Å². The van der Waals surface area contributed by atoms with Crippen molar-refractivity contribution < 1.29 is 4.79 Å². The van der Waals surface area contributed by atoms with Gasteiger partial charge in [0.2, 0.25) is 0 Å². The zero-order valence-electron chi connectivity index (χ0n) is 9.43. The lowest BCUT2D eigenvalue weighted by atomic mass is 9.93. The maximum Gasteiger partial charge on any atom is 0.160 e. The Bertz CT molecular complexity index is 251. The molecule has 0 aromatic heterocycles. The number of nitrogens with one attached hydrogen (secondary N) is 1. The molecule has 2 nitrogen and oxygen atoms in total. The fourth-order valence-electron chi connectivity index (χ4n) is 2.54. The van der Waals surface area contributed by atoms with E-state index in [1.807, 2.05) is 6.20 Å². The number of hydrogen-bond acceptors (Lipinski definition) is 2. The van der Waals surface area contributed by atoms with Crippen LogP contribution in [0.4, 0.5) is 0 Å². The molecule has 15 heavy (non-hydrogen) atoms. The molecule has 0 unspecified atom stereocenters. The zero-order chi connectivity index (χ0) is 10.5. The highest BCUT2D eigenvalue weighted by atomic mass is 16.1. The summed E-state index contributed by atoms with van der Waals surface area (Å²) in [5, 5.41) is 3.44. The summed E-state index contributed by atoms with van der Waals surface area (Å²) in [4.78, 5) is 11.6. The predicted molar refractivity (Wildman–Crippen MR) is 61.6 cm³/mol. The van der Waals surface area contributed by atoms with Gasteiger partial charge >= 0.3 is 0 Å². The maximum absolute atomic E-state index is 11.6. The van der Waals surface area contributed by atoms with E-state index in [1.165, 1.54) is 38.5 Å². The van der Waals surface area contributed by atoms with Gasteiger partial charge in [-0.2, -0.15) is 0 Å². The van der Waals surface area contributed by atoms with Gasteiger partial charge in [0.25, 0.3) is 0 Å². The maximum atomic E-state index is 11.6. The summed E-state index contributed by atoms with van der Waals surface area (Å²) in [7, 11) is 0. The highest BCUT2D eigenvalue weighted by Crippen LogP contribution is 2.21. The van der Waals surface area contributed by atoms with Crippen LogP contribution in [-0.4, -0.2) is 11.8 Å². The molecule has 2 saturated carbocycles. The van der Waals surface area contributed by atoms with Gasteiger partial charge in [-0.25, -0.2) is 0 Å². The zero-order valence-corrected chi connectivity index (χ0v) is 9.43. The Labute approximate surface area is 92.1 Å². The van der Waals surface area contributed by atoms with E-state index in [1.54, 1.807) is 0 Å². The highest BCUT2D eigenvalue weighted by Gasteiger charge is 2.16. The first kappa shape index (κ1) is 10.7. The fraction of sp³-hybridized carbons (Fsp3) is 0.769. The van der Waals surface area contributed by atoms with Crippen LogP contribution < -0.4 is 5.32 Å². The number of allylic oxidation sites excluding steroid dienone is 1. The van der Waals surface area contributed by atoms with Crippen LogP contribution in [0.25, 0.3) is 0 Å². The number of Topliss-reactive ketones (excluding diaryl/α,β-unsaturated/α-hetero) is 1. The van der Waals surface area contributed by atoms with E-state index in [0.717, 1.165) is 24.8 Å². The Morgan fingerprint density at radius 1 is 1.00 bits per heavy atom. The van der Waals surface area contributed by atoms with Crippen molar-refractivity contribution >= 4 is 5.78 Å². The van der Waals surface area contributed by atoms with Crippen molar-refractivity contribution in [2.24, 2.45) is 0 Å². The third kappa shape index (κ3) is 3.08. The van der Waals surface area contributed by atoms with E-state index < -0.39 is 0 Å². The molecule has 0 heterocycles. The monoisotopic (exact) mass is 207 g/mol. The Balaban J connectivity index is 1.83. The standard InChI is InChI=1S/C13H21NO/c15-13-9-5-4-6-11(13)10-14-12-7-2-1-3-8-12/h10,12,14H,1-9H2/b11-10-. The van der Waals surface area contributed by atoms with Crippen molar-refractivity contribution in [1.82, 2.24) is 5.32 Å². The number of carbonyl (C=O) groups is 1. The van der Waals surface area contributed by atoms with Gasteiger partial charge in [0, 0.05) is 24.2 Å². The molecule has 0 bridgehead atoms. The second-order valence-electron chi connectivity index (χ2n) is 4.80. The van der Waals surface area contributed by atoms with Crippen LogP contribution in [0.15, 0.2) is 11.8 Å². The van der Waals surface area contributed by atoms with Crippen molar-refractivity contribution in [2.75, 3.05) is 0 Å². The molecule has 0 aromatic rings. The smallest absolute Gasteiger partial charge is 0.160 e. The molecule has 2 fully saturated rings. The Hall–Kier alpha value is -0.790. The van der Waals surface area contributed by atoms with Crippen LogP contribution >= 0.6 is 0 Å². The summed E-state index contributed by atoms with van der Waals surface area (Å²) in [5.74, 6) is 0.365. The molecular formula is C13H21NO. The van der Waals surface area contributed by atoms with E-state index in [0.29, 0.717) is 11.8 Å². The lowest BCUT2D eigenvalue weighted by Gasteiger charge is -2.23. The first-order valence-corrected chi connectivity index (χ1v) is 6.34. The van der Waals surface area contributed by atoms with Gasteiger partial charge < -0.3 is 5.32 Å². The van der Waals surface area contributed by atoms with E-state index in [2.05, 4.69) is 5.32 Å². The highest BCUT2D eigenvalue weighted by molar-refractivity contribution is 5.95. The largest absolute Gasteiger partial charge is 0.388 e. The lowest BCUT2D eigenvalue weighted by Crippen LogP contribution is -2.27. The Morgan fingerprint density at radius 2 is 1.73 bits per heavy atom. The topological polar surface area (TPSA) is 29.1 Å². The van der Waals surface area contributed by atoms with E-state index in [9.17, 15) is 4.79 Å². The molecule has 0 amide bonds. The molecule has 2 heteroatoms. The van der Waals surface area contributed by atoms with Gasteiger partial charge in [0.1, 0.15) is 0 Å². The minimum Gasteiger partial charge on any atom is -0.388 e. The third-order valence-corrected chi connectivity index (χ3v) is 3.56. The second kappa shape index (κ2) is 5.34. The number of hydrogen-bond donors (Lipinski definition) is 1. The van der Waals surface area contributed by atoms with E-state index >= 15 is 0 Å². The van der Waals surface area contributed by atoms with Crippen LogP contribution in [0.5, 0.6) is 0 Å². The fourth-order valence-corrected chi connectivity index (χ4v) is 2.54. The van der Waals surface area contributed by atoms with E-state index in [4.69, 9.17) is 0 Å². The summed E-state index contributed by atoms with van der Waals surface area (Å²) in [6.07, 6.45) is 12.6. The summed E-state index contributed by atoms with van der Waals surface area (Å²) in [5.41, 5.74) is 1.03. The molecule has 2 aliphatic rings. The number of carbonyl (C=O) groups excluding carboxylic acids is 1. The summed E-state index contributed by atoms with van der Waals surface area (Å²) >= 11 is 0. The minimum atomic E-state index is 0.365. The van der Waals surface area contributed by atoms with Crippen molar-refractivity contribution in [3.05, 3.63) is 11.8 Å². The molecule has 1 N–H and O–H groups in total. The van der Waals surface area contributed by atoms with Crippen LogP contribution in [0.2, 0.25) is 0 Å². The molecule has 0 aliphatic heterocycles. The number of ketones is 1. The Morgan fingerprint density at radius 3 is 2.47 bits per heavy atom. The molecule has 0 atom stereocenters. The average molecular weight is 207 g/mol. The molecule has 84 valence electrons. The lowest BCUT2D eigenvalue weighted by molar-refractivity contribution is -0.116. The minimum absolute atomic E-state index is 0.365. The molecule has 2 aliphatic carbocycles.